The van der Waals surface area contributed by atoms with Crippen LogP contribution >= 0.6 is 11.8 Å². The third-order valence-corrected chi connectivity index (χ3v) is 3.02. The summed E-state index contributed by atoms with van der Waals surface area (Å²) in [4.78, 5) is 11.9. The molecule has 0 amide bonds. The number of ether oxygens (including phenoxy) is 1. The van der Waals surface area contributed by atoms with Crippen LogP contribution in [0.2, 0.25) is 0 Å². The molecule has 0 aliphatic carbocycles. The lowest BCUT2D eigenvalue weighted by atomic mass is 10.3. The number of nitrogens with one attached hydrogen (secondary N) is 1. The van der Waals surface area contributed by atoms with Crippen molar-refractivity contribution in [3.63, 3.8) is 0 Å². The van der Waals surface area contributed by atoms with Crippen molar-refractivity contribution in [1.82, 2.24) is 15.0 Å². The van der Waals surface area contributed by atoms with Gasteiger partial charge in [-0.15, -0.1) is 0 Å². The molecule has 1 heterocycles. The van der Waals surface area contributed by atoms with E-state index < -0.39 is 0 Å². The van der Waals surface area contributed by atoms with Crippen LogP contribution in [0, 0.1) is 0 Å². The van der Waals surface area contributed by atoms with Crippen molar-refractivity contribution in [2.24, 2.45) is 0 Å². The van der Waals surface area contributed by atoms with Gasteiger partial charge < -0.3 is 15.8 Å². The summed E-state index contributed by atoms with van der Waals surface area (Å²) in [5.41, 5.74) is 5.55. The number of anilines is 2. The maximum Gasteiger partial charge on any atom is 0.322 e. The summed E-state index contributed by atoms with van der Waals surface area (Å²) in [5, 5.41) is 3.18. The van der Waals surface area contributed by atoms with E-state index in [0.717, 1.165) is 17.9 Å². The number of hydrogen-bond acceptors (Lipinski definition) is 7. The average Bonchev–Trinajstić information content (AvgIpc) is 2.28. The van der Waals surface area contributed by atoms with Crippen LogP contribution in [0.25, 0.3) is 0 Å². The Morgan fingerprint density at radius 2 is 2.18 bits per heavy atom. The highest BCUT2D eigenvalue weighted by molar-refractivity contribution is 7.99. The molecule has 1 aromatic rings. The van der Waals surface area contributed by atoms with E-state index in [1.54, 1.807) is 0 Å². The summed E-state index contributed by atoms with van der Waals surface area (Å²) in [6.07, 6.45) is 1.05. The molecule has 7 heteroatoms. The lowest BCUT2D eigenvalue weighted by Gasteiger charge is -2.13. The van der Waals surface area contributed by atoms with E-state index in [1.807, 2.05) is 11.8 Å². The molecule has 0 saturated heterocycles. The molecule has 1 rings (SSSR count). The summed E-state index contributed by atoms with van der Waals surface area (Å²) < 4.78 is 4.93. The maximum absolute atomic E-state index is 5.55. The Balaban J connectivity index is 2.52. The minimum atomic E-state index is 0.162. The number of nitrogen functional groups attached to an aromatic ring is 1. The number of hydrogen-bond donors (Lipinski definition) is 2. The van der Waals surface area contributed by atoms with Gasteiger partial charge in [0.2, 0.25) is 11.9 Å². The second-order valence-corrected chi connectivity index (χ2v) is 4.93. The minimum absolute atomic E-state index is 0.162. The first-order chi connectivity index (χ1) is 8.15. The summed E-state index contributed by atoms with van der Waals surface area (Å²) >= 11 is 1.92. The van der Waals surface area contributed by atoms with Crippen LogP contribution in [0.15, 0.2) is 0 Å². The first-order valence-corrected chi connectivity index (χ1v) is 6.71. The van der Waals surface area contributed by atoms with Crippen molar-refractivity contribution in [2.75, 3.05) is 29.7 Å². The fourth-order valence-corrected chi connectivity index (χ4v) is 2.03. The monoisotopic (exact) mass is 257 g/mol. The van der Waals surface area contributed by atoms with Gasteiger partial charge in [-0.2, -0.15) is 26.7 Å². The second kappa shape index (κ2) is 7.16. The van der Waals surface area contributed by atoms with Gasteiger partial charge in [0.25, 0.3) is 0 Å². The van der Waals surface area contributed by atoms with Crippen molar-refractivity contribution in [1.29, 1.82) is 0 Å². The minimum Gasteiger partial charge on any atom is -0.467 e. The molecule has 0 aliphatic heterocycles. The summed E-state index contributed by atoms with van der Waals surface area (Å²) in [5.74, 6) is 2.87. The highest BCUT2D eigenvalue weighted by Crippen LogP contribution is 2.11. The largest absolute Gasteiger partial charge is 0.467 e. The van der Waals surface area contributed by atoms with Gasteiger partial charge in [-0.25, -0.2) is 0 Å². The molecule has 96 valence electrons. The van der Waals surface area contributed by atoms with Crippen LogP contribution < -0.4 is 15.8 Å². The Kier molecular flexibility index (Phi) is 5.82. The van der Waals surface area contributed by atoms with E-state index in [2.05, 4.69) is 34.1 Å². The Morgan fingerprint density at radius 3 is 2.82 bits per heavy atom. The standard InChI is InChI=1S/C10H19N5OS/c1-4-17-6-5-7(2)12-9-13-8(11)14-10(15-9)16-3/h7H,4-6H2,1-3H3,(H3,11,12,13,14,15). The highest BCUT2D eigenvalue weighted by Gasteiger charge is 2.07. The molecule has 0 radical (unpaired) electrons. The van der Waals surface area contributed by atoms with E-state index in [-0.39, 0.29) is 12.0 Å². The van der Waals surface area contributed by atoms with Gasteiger partial charge in [-0.05, 0) is 24.9 Å². The van der Waals surface area contributed by atoms with Gasteiger partial charge in [0, 0.05) is 6.04 Å². The van der Waals surface area contributed by atoms with Crippen LogP contribution in [0.5, 0.6) is 6.01 Å². The van der Waals surface area contributed by atoms with E-state index >= 15 is 0 Å². The number of rotatable bonds is 7. The molecule has 0 spiro atoms. The molecule has 0 fully saturated rings. The van der Waals surface area contributed by atoms with E-state index in [0.29, 0.717) is 12.0 Å². The number of nitrogens with two attached hydrogens (primary N) is 1. The van der Waals surface area contributed by atoms with Crippen molar-refractivity contribution in [3.05, 3.63) is 0 Å². The van der Waals surface area contributed by atoms with Crippen LogP contribution in [0.4, 0.5) is 11.9 Å². The van der Waals surface area contributed by atoms with Crippen molar-refractivity contribution >= 4 is 23.7 Å². The molecular formula is C10H19N5OS. The predicted octanol–water partition coefficient (Wildman–Crippen LogP) is 1.41. The molecular weight excluding hydrogens is 238 g/mol. The van der Waals surface area contributed by atoms with Crippen molar-refractivity contribution < 1.29 is 4.74 Å². The van der Waals surface area contributed by atoms with E-state index in [1.165, 1.54) is 7.11 Å². The van der Waals surface area contributed by atoms with Gasteiger partial charge in [0.15, 0.2) is 0 Å². The lowest BCUT2D eigenvalue weighted by molar-refractivity contribution is 0.379. The van der Waals surface area contributed by atoms with Crippen LogP contribution in [-0.4, -0.2) is 39.6 Å². The average molecular weight is 257 g/mol. The summed E-state index contributed by atoms with van der Waals surface area (Å²) in [6.45, 7) is 4.24. The third kappa shape index (κ3) is 5.08. The zero-order valence-electron chi connectivity index (χ0n) is 10.4. The first-order valence-electron chi connectivity index (χ1n) is 5.55. The van der Waals surface area contributed by atoms with Gasteiger partial charge in [-0.3, -0.25) is 0 Å². The highest BCUT2D eigenvalue weighted by atomic mass is 32.2. The van der Waals surface area contributed by atoms with Crippen molar-refractivity contribution in [3.8, 4) is 6.01 Å². The molecule has 6 nitrogen and oxygen atoms in total. The maximum atomic E-state index is 5.55. The molecule has 0 aliphatic rings. The van der Waals surface area contributed by atoms with Gasteiger partial charge in [0.05, 0.1) is 7.11 Å². The summed E-state index contributed by atoms with van der Waals surface area (Å²) in [7, 11) is 1.50. The second-order valence-electron chi connectivity index (χ2n) is 3.53. The van der Waals surface area contributed by atoms with Gasteiger partial charge in [-0.1, -0.05) is 6.92 Å². The topological polar surface area (TPSA) is 86.0 Å². The van der Waals surface area contributed by atoms with Crippen molar-refractivity contribution in [2.45, 2.75) is 26.3 Å². The number of thioether (sulfide) groups is 1. The Bertz CT molecular complexity index is 349. The van der Waals surface area contributed by atoms with Gasteiger partial charge >= 0.3 is 6.01 Å². The Labute approximate surface area is 106 Å². The lowest BCUT2D eigenvalue weighted by Crippen LogP contribution is -2.19. The number of nitrogens with zero attached hydrogens (tertiary/aromatic N) is 3. The first kappa shape index (κ1) is 13.8. The fourth-order valence-electron chi connectivity index (χ4n) is 1.22. The molecule has 0 aromatic carbocycles. The molecule has 0 saturated carbocycles. The Morgan fingerprint density at radius 1 is 1.41 bits per heavy atom. The predicted molar refractivity (Wildman–Crippen MR) is 71.5 cm³/mol. The summed E-state index contributed by atoms with van der Waals surface area (Å²) in [6, 6.07) is 0.524. The molecule has 1 aromatic heterocycles. The van der Waals surface area contributed by atoms with E-state index in [4.69, 9.17) is 10.5 Å². The molecule has 1 unspecified atom stereocenters. The van der Waals surface area contributed by atoms with Crippen LogP contribution in [0.3, 0.4) is 0 Å². The number of aromatic nitrogens is 3. The molecule has 1 atom stereocenters. The van der Waals surface area contributed by atoms with Crippen LogP contribution in [0.1, 0.15) is 20.3 Å². The van der Waals surface area contributed by atoms with Crippen LogP contribution in [-0.2, 0) is 0 Å². The third-order valence-electron chi connectivity index (χ3n) is 2.09. The zero-order chi connectivity index (χ0) is 12.7. The smallest absolute Gasteiger partial charge is 0.322 e. The SMILES string of the molecule is CCSCCC(C)Nc1nc(N)nc(OC)n1. The van der Waals surface area contributed by atoms with Gasteiger partial charge in [0.1, 0.15) is 0 Å². The number of methoxy groups -OCH3 is 1. The molecule has 17 heavy (non-hydrogen) atoms. The molecule has 3 N–H and O–H groups in total. The Hall–Kier alpha value is -1.24. The normalized spacial score (nSPS) is 12.2. The molecule has 0 bridgehead atoms. The zero-order valence-corrected chi connectivity index (χ0v) is 11.3. The van der Waals surface area contributed by atoms with E-state index in [9.17, 15) is 0 Å². The quantitative estimate of drug-likeness (QED) is 0.714. The fraction of sp³-hybridized carbons (Fsp3) is 0.700.